The molecular formula is C18H19BrN2O2S. The second-order valence-electron chi connectivity index (χ2n) is 5.50. The van der Waals surface area contributed by atoms with Gasteiger partial charge in [-0.3, -0.25) is 10.1 Å². The Bertz CT molecular complexity index is 778. The number of thiocarbonyl (C=S) groups is 1. The summed E-state index contributed by atoms with van der Waals surface area (Å²) in [7, 11) is 0. The van der Waals surface area contributed by atoms with E-state index in [4.69, 9.17) is 17.0 Å². The van der Waals surface area contributed by atoms with Crippen LogP contribution in [0.4, 0.5) is 5.69 Å². The van der Waals surface area contributed by atoms with Crippen LogP contribution in [0.3, 0.4) is 0 Å². The standard InChI is InChI=1S/C18H19BrN2O2S/c1-11-4-6-15(9-12(11)2)23-10-17(22)21-18(24)20-14-5-7-16(19)13(3)8-14/h4-9H,10H2,1-3H3,(H2,20,21,22,24). The van der Waals surface area contributed by atoms with Crippen molar-refractivity contribution in [1.82, 2.24) is 5.32 Å². The first-order valence-corrected chi connectivity index (χ1v) is 8.62. The maximum atomic E-state index is 11.9. The minimum absolute atomic E-state index is 0.0936. The van der Waals surface area contributed by atoms with Gasteiger partial charge in [0.1, 0.15) is 5.75 Å². The van der Waals surface area contributed by atoms with Crippen LogP contribution in [0.1, 0.15) is 16.7 Å². The number of hydrogen-bond acceptors (Lipinski definition) is 3. The summed E-state index contributed by atoms with van der Waals surface area (Å²) in [6.45, 7) is 5.92. The molecule has 0 aliphatic heterocycles. The molecule has 0 spiro atoms. The summed E-state index contributed by atoms with van der Waals surface area (Å²) < 4.78 is 6.50. The Labute approximate surface area is 155 Å². The number of nitrogens with one attached hydrogen (secondary N) is 2. The molecule has 2 aromatic rings. The van der Waals surface area contributed by atoms with Gasteiger partial charge in [0, 0.05) is 10.2 Å². The average Bonchev–Trinajstić information content (AvgIpc) is 2.52. The molecule has 6 heteroatoms. The molecule has 0 fully saturated rings. The molecule has 2 aromatic carbocycles. The molecule has 0 aliphatic rings. The van der Waals surface area contributed by atoms with Crippen LogP contribution in [0.25, 0.3) is 0 Å². The van der Waals surface area contributed by atoms with E-state index in [1.165, 1.54) is 5.56 Å². The number of anilines is 1. The SMILES string of the molecule is Cc1ccc(OCC(=O)NC(=S)Nc2ccc(Br)c(C)c2)cc1C. The zero-order valence-corrected chi connectivity index (χ0v) is 16.2. The van der Waals surface area contributed by atoms with Crippen LogP contribution in [0.2, 0.25) is 0 Å². The first-order valence-electron chi connectivity index (χ1n) is 7.42. The highest BCUT2D eigenvalue weighted by atomic mass is 79.9. The predicted octanol–water partition coefficient (Wildman–Crippen LogP) is 4.27. The van der Waals surface area contributed by atoms with Crippen LogP contribution in [-0.2, 0) is 4.79 Å². The molecule has 0 bridgehead atoms. The van der Waals surface area contributed by atoms with E-state index in [9.17, 15) is 4.79 Å². The van der Waals surface area contributed by atoms with Gasteiger partial charge in [0.15, 0.2) is 11.7 Å². The van der Waals surface area contributed by atoms with Gasteiger partial charge in [0.2, 0.25) is 0 Å². The minimum Gasteiger partial charge on any atom is -0.484 e. The number of halogens is 1. The topological polar surface area (TPSA) is 50.4 Å². The molecular weight excluding hydrogens is 388 g/mol. The monoisotopic (exact) mass is 406 g/mol. The van der Waals surface area contributed by atoms with Gasteiger partial charge < -0.3 is 10.1 Å². The molecule has 126 valence electrons. The molecule has 0 saturated carbocycles. The molecule has 0 aliphatic carbocycles. The molecule has 0 heterocycles. The second kappa shape index (κ2) is 8.26. The number of carbonyl (C=O) groups is 1. The van der Waals surface area contributed by atoms with Crippen molar-refractivity contribution in [2.24, 2.45) is 0 Å². The number of carbonyl (C=O) groups excluding carboxylic acids is 1. The van der Waals surface area contributed by atoms with Gasteiger partial charge in [-0.05, 0) is 80.0 Å². The molecule has 4 nitrogen and oxygen atoms in total. The largest absolute Gasteiger partial charge is 0.484 e. The Kier molecular flexibility index (Phi) is 6.34. The van der Waals surface area contributed by atoms with Gasteiger partial charge in [-0.15, -0.1) is 0 Å². The van der Waals surface area contributed by atoms with Crippen molar-refractivity contribution in [2.75, 3.05) is 11.9 Å². The summed E-state index contributed by atoms with van der Waals surface area (Å²) in [5.41, 5.74) is 4.20. The van der Waals surface area contributed by atoms with E-state index in [0.29, 0.717) is 5.75 Å². The van der Waals surface area contributed by atoms with Crippen molar-refractivity contribution in [3.05, 3.63) is 57.6 Å². The molecule has 0 radical (unpaired) electrons. The maximum Gasteiger partial charge on any atom is 0.264 e. The number of hydrogen-bond donors (Lipinski definition) is 2. The minimum atomic E-state index is -0.306. The van der Waals surface area contributed by atoms with Crippen molar-refractivity contribution >= 4 is 44.9 Å². The molecule has 0 unspecified atom stereocenters. The molecule has 0 saturated heterocycles. The summed E-state index contributed by atoms with van der Waals surface area (Å²) in [5.74, 6) is 0.357. The molecule has 2 N–H and O–H groups in total. The van der Waals surface area contributed by atoms with E-state index < -0.39 is 0 Å². The number of ether oxygens (including phenoxy) is 1. The molecule has 0 aromatic heterocycles. The summed E-state index contributed by atoms with van der Waals surface area (Å²) in [4.78, 5) is 11.9. The normalized spacial score (nSPS) is 10.2. The van der Waals surface area contributed by atoms with E-state index in [2.05, 4.69) is 26.6 Å². The van der Waals surface area contributed by atoms with Crippen LogP contribution in [0.5, 0.6) is 5.75 Å². The summed E-state index contributed by atoms with van der Waals surface area (Å²) in [6, 6.07) is 11.4. The van der Waals surface area contributed by atoms with Gasteiger partial charge in [0.05, 0.1) is 0 Å². The highest BCUT2D eigenvalue weighted by Crippen LogP contribution is 2.20. The lowest BCUT2D eigenvalue weighted by Gasteiger charge is -2.12. The van der Waals surface area contributed by atoms with E-state index in [1.54, 1.807) is 0 Å². The van der Waals surface area contributed by atoms with Crippen LogP contribution >= 0.6 is 28.1 Å². The van der Waals surface area contributed by atoms with Gasteiger partial charge in [0.25, 0.3) is 5.91 Å². The predicted molar refractivity (Wildman–Crippen MR) is 105 cm³/mol. The van der Waals surface area contributed by atoms with Crippen molar-refractivity contribution in [1.29, 1.82) is 0 Å². The van der Waals surface area contributed by atoms with Crippen molar-refractivity contribution < 1.29 is 9.53 Å². The first-order chi connectivity index (χ1) is 11.3. The van der Waals surface area contributed by atoms with Crippen LogP contribution in [-0.4, -0.2) is 17.6 Å². The van der Waals surface area contributed by atoms with Crippen LogP contribution in [0.15, 0.2) is 40.9 Å². The zero-order chi connectivity index (χ0) is 17.7. The van der Waals surface area contributed by atoms with Crippen molar-refractivity contribution in [3.8, 4) is 5.75 Å². The van der Waals surface area contributed by atoms with Gasteiger partial charge in [-0.25, -0.2) is 0 Å². The smallest absolute Gasteiger partial charge is 0.264 e. The van der Waals surface area contributed by atoms with E-state index in [1.807, 2.05) is 57.2 Å². The van der Waals surface area contributed by atoms with E-state index in [-0.39, 0.29) is 17.6 Å². The fourth-order valence-corrected chi connectivity index (χ4v) is 2.48. The lowest BCUT2D eigenvalue weighted by molar-refractivity contribution is -0.121. The highest BCUT2D eigenvalue weighted by molar-refractivity contribution is 9.10. The Morgan fingerprint density at radius 3 is 2.50 bits per heavy atom. The van der Waals surface area contributed by atoms with E-state index >= 15 is 0 Å². The van der Waals surface area contributed by atoms with Crippen LogP contribution < -0.4 is 15.4 Å². The fourth-order valence-electron chi connectivity index (χ4n) is 2.00. The number of benzene rings is 2. The van der Waals surface area contributed by atoms with Gasteiger partial charge in [-0.1, -0.05) is 22.0 Å². The Morgan fingerprint density at radius 1 is 1.08 bits per heavy atom. The van der Waals surface area contributed by atoms with E-state index in [0.717, 1.165) is 21.3 Å². The first kappa shape index (κ1) is 18.4. The van der Waals surface area contributed by atoms with Gasteiger partial charge in [-0.2, -0.15) is 0 Å². The highest BCUT2D eigenvalue weighted by Gasteiger charge is 2.07. The Balaban J connectivity index is 1.83. The van der Waals surface area contributed by atoms with Crippen LogP contribution in [0, 0.1) is 20.8 Å². The Morgan fingerprint density at radius 2 is 1.83 bits per heavy atom. The lowest BCUT2D eigenvalue weighted by Crippen LogP contribution is -2.37. The molecule has 24 heavy (non-hydrogen) atoms. The van der Waals surface area contributed by atoms with Gasteiger partial charge >= 0.3 is 0 Å². The molecule has 2 rings (SSSR count). The summed E-state index contributed by atoms with van der Waals surface area (Å²) in [5, 5.41) is 5.82. The quantitative estimate of drug-likeness (QED) is 0.744. The maximum absolute atomic E-state index is 11.9. The zero-order valence-electron chi connectivity index (χ0n) is 13.8. The molecule has 1 amide bonds. The Hall–Kier alpha value is -1.92. The summed E-state index contributed by atoms with van der Waals surface area (Å²) in [6.07, 6.45) is 0. The average molecular weight is 407 g/mol. The summed E-state index contributed by atoms with van der Waals surface area (Å²) >= 11 is 8.59. The second-order valence-corrected chi connectivity index (χ2v) is 6.76. The third kappa shape index (κ3) is 5.32. The number of amides is 1. The molecule has 0 atom stereocenters. The van der Waals surface area contributed by atoms with Crippen molar-refractivity contribution in [3.63, 3.8) is 0 Å². The fraction of sp³-hybridized carbons (Fsp3) is 0.222. The van der Waals surface area contributed by atoms with Crippen molar-refractivity contribution in [2.45, 2.75) is 20.8 Å². The third-order valence-corrected chi connectivity index (χ3v) is 4.61. The third-order valence-electron chi connectivity index (χ3n) is 3.52. The lowest BCUT2D eigenvalue weighted by atomic mass is 10.1. The number of rotatable bonds is 4. The number of aryl methyl sites for hydroxylation is 3.